The third-order valence-electron chi connectivity index (χ3n) is 21.5. The highest BCUT2D eigenvalue weighted by molar-refractivity contribution is 7.26. The van der Waals surface area contributed by atoms with Crippen LogP contribution in [0.25, 0.3) is 64.1 Å². The van der Waals surface area contributed by atoms with E-state index in [1.807, 2.05) is 11.3 Å². The van der Waals surface area contributed by atoms with Crippen molar-refractivity contribution in [3.63, 3.8) is 0 Å². The molecule has 410 valence electrons. The zero-order valence-electron chi connectivity index (χ0n) is 48.7. The number of anilines is 9. The Morgan fingerprint density at radius 2 is 1.26 bits per heavy atom. The van der Waals surface area contributed by atoms with Crippen molar-refractivity contribution in [3.05, 3.63) is 229 Å². The Morgan fingerprint density at radius 3 is 2.08 bits per heavy atom. The van der Waals surface area contributed by atoms with Crippen molar-refractivity contribution in [1.82, 2.24) is 4.57 Å². The highest BCUT2D eigenvalue weighted by Gasteiger charge is 2.62. The molecule has 0 radical (unpaired) electrons. The predicted octanol–water partition coefficient (Wildman–Crippen LogP) is 19.3. The molecule has 0 unspecified atom stereocenters. The first-order chi connectivity index (χ1) is 41.6. The van der Waals surface area contributed by atoms with Gasteiger partial charge in [0.25, 0.3) is 6.71 Å². The lowest BCUT2D eigenvalue weighted by Crippen LogP contribution is -2.62. The minimum absolute atomic E-state index is 0.0284. The molecule has 2 aliphatic heterocycles. The van der Waals surface area contributed by atoms with Crippen LogP contribution in [0.2, 0.25) is 0 Å². The van der Waals surface area contributed by atoms with Gasteiger partial charge in [0.15, 0.2) is 5.58 Å². The van der Waals surface area contributed by atoms with Gasteiger partial charge in [0.2, 0.25) is 0 Å². The minimum Gasteiger partial charge on any atom is -0.454 e. The number of hydrogen-bond acceptors (Lipinski definition) is 5. The first kappa shape index (κ1) is 48.6. The van der Waals surface area contributed by atoms with Crippen molar-refractivity contribution in [2.45, 2.75) is 70.6 Å². The molecule has 4 saturated carbocycles. The largest absolute Gasteiger partial charge is 0.454 e. The smallest absolute Gasteiger partial charge is 0.272 e. The molecule has 0 atom stereocenters. The number of thiophene rings is 1. The molecular formula is C78H63BN4OS. The fourth-order valence-electron chi connectivity index (χ4n) is 18.3. The van der Waals surface area contributed by atoms with Gasteiger partial charge in [0, 0.05) is 89.3 Å². The second-order valence-electron chi connectivity index (χ2n) is 27.0. The molecule has 10 aromatic carbocycles. The van der Waals surface area contributed by atoms with Gasteiger partial charge in [-0.15, -0.1) is 11.3 Å². The summed E-state index contributed by atoms with van der Waals surface area (Å²) >= 11 is 1.91. The van der Waals surface area contributed by atoms with Gasteiger partial charge in [-0.05, 0) is 197 Å². The van der Waals surface area contributed by atoms with E-state index in [0.29, 0.717) is 11.8 Å². The van der Waals surface area contributed by atoms with Crippen LogP contribution in [0.3, 0.4) is 0 Å². The number of benzene rings is 10. The van der Waals surface area contributed by atoms with E-state index in [1.165, 1.54) is 136 Å². The third-order valence-corrected chi connectivity index (χ3v) is 22.7. The van der Waals surface area contributed by atoms with Gasteiger partial charge in [-0.2, -0.15) is 0 Å². The van der Waals surface area contributed by atoms with Crippen molar-refractivity contribution in [2.24, 2.45) is 30.7 Å². The maximum absolute atomic E-state index is 6.90. The number of para-hydroxylation sites is 3. The van der Waals surface area contributed by atoms with Crippen LogP contribution in [-0.4, -0.2) is 11.3 Å². The molecule has 1 spiro atoms. The van der Waals surface area contributed by atoms with E-state index >= 15 is 0 Å². The number of aryl methyl sites for hydroxylation is 2. The number of nitrogens with zero attached hydrogens (tertiary/aromatic N) is 4. The molecular weight excluding hydrogens is 1050 g/mol. The lowest BCUT2D eigenvalue weighted by atomic mass is 9.35. The molecule has 3 aromatic heterocycles. The quantitative estimate of drug-likeness (QED) is 0.161. The Hall–Kier alpha value is -8.78. The predicted molar refractivity (Wildman–Crippen MR) is 358 cm³/mol. The summed E-state index contributed by atoms with van der Waals surface area (Å²) in [5.41, 5.74) is 26.2. The highest BCUT2D eigenvalue weighted by atomic mass is 32.1. The molecule has 0 amide bonds. The molecule has 5 aliphatic carbocycles. The lowest BCUT2D eigenvalue weighted by molar-refractivity contribution is -0.0399. The molecule has 4 bridgehead atoms. The fraction of sp³-hybridized carbons (Fsp3) is 0.205. The molecule has 85 heavy (non-hydrogen) atoms. The van der Waals surface area contributed by atoms with E-state index in [2.05, 4.69) is 260 Å². The average Bonchev–Trinajstić information content (AvgIpc) is 1.65. The van der Waals surface area contributed by atoms with E-state index in [9.17, 15) is 0 Å². The Kier molecular flexibility index (Phi) is 9.83. The molecule has 7 aliphatic rings. The van der Waals surface area contributed by atoms with Crippen molar-refractivity contribution in [2.75, 3.05) is 14.7 Å². The van der Waals surface area contributed by atoms with Gasteiger partial charge in [-0.1, -0.05) is 142 Å². The molecule has 5 nitrogen and oxygen atoms in total. The zero-order valence-corrected chi connectivity index (χ0v) is 49.5. The standard InChI is InChI=1S/C78H63BN4OS/c1-45-35-68-72-69(36-45)83(66-26-16-23-59-57-21-11-14-28-71(57)85-75(59)66)67-44-53(81(51-17-7-6-8-18-51)65-25-15-22-58-56-20-10-13-27-70(56)84-74(58)65)31-33-63(67)79(72)76-73(60-42-48(77(2,3)4)29-34-64(60)80(76)5)82(68)52-30-32-55-54-19-9-12-24-61(54)78(62(55)43-52)49-38-46-37-47(40-49)41-50(78)39-46/h6-36,42-44,46-47,49-50H,37-41H2,1-5H3. The summed E-state index contributed by atoms with van der Waals surface area (Å²) in [6.07, 6.45) is 6.86. The van der Waals surface area contributed by atoms with E-state index in [4.69, 9.17) is 4.42 Å². The molecule has 5 heterocycles. The van der Waals surface area contributed by atoms with Crippen LogP contribution in [0.15, 0.2) is 211 Å². The Morgan fingerprint density at radius 1 is 0.553 bits per heavy atom. The van der Waals surface area contributed by atoms with Crippen molar-refractivity contribution >= 4 is 139 Å². The van der Waals surface area contributed by atoms with Crippen molar-refractivity contribution in [3.8, 4) is 11.1 Å². The summed E-state index contributed by atoms with van der Waals surface area (Å²) in [5.74, 6) is 3.07. The number of furan rings is 1. The number of rotatable bonds is 5. The molecule has 7 heteroatoms. The summed E-state index contributed by atoms with van der Waals surface area (Å²) in [7, 11) is 2.35. The van der Waals surface area contributed by atoms with Gasteiger partial charge < -0.3 is 23.7 Å². The Bertz CT molecular complexity index is 5010. The van der Waals surface area contributed by atoms with Crippen LogP contribution in [0.1, 0.15) is 75.1 Å². The van der Waals surface area contributed by atoms with Crippen LogP contribution < -0.4 is 31.2 Å². The Balaban J connectivity index is 0.903. The second-order valence-corrected chi connectivity index (χ2v) is 28.0. The van der Waals surface area contributed by atoms with E-state index < -0.39 is 0 Å². The fourth-order valence-corrected chi connectivity index (χ4v) is 19.5. The maximum Gasteiger partial charge on any atom is 0.272 e. The van der Waals surface area contributed by atoms with Crippen molar-refractivity contribution < 1.29 is 4.42 Å². The number of hydrogen-bond donors (Lipinski definition) is 0. The average molecular weight is 1120 g/mol. The molecule has 4 fully saturated rings. The topological polar surface area (TPSA) is 27.8 Å². The molecule has 13 aromatic rings. The van der Waals surface area contributed by atoms with Crippen LogP contribution in [-0.2, 0) is 17.9 Å². The van der Waals surface area contributed by atoms with Crippen LogP contribution in [0.5, 0.6) is 0 Å². The molecule has 20 rings (SSSR count). The van der Waals surface area contributed by atoms with Gasteiger partial charge in [-0.3, -0.25) is 0 Å². The van der Waals surface area contributed by atoms with Gasteiger partial charge >= 0.3 is 0 Å². The summed E-state index contributed by atoms with van der Waals surface area (Å²) in [6, 6.07) is 79.0. The normalized spacial score (nSPS) is 20.5. The first-order valence-corrected chi connectivity index (χ1v) is 31.8. The van der Waals surface area contributed by atoms with E-state index in [-0.39, 0.29) is 17.5 Å². The number of fused-ring (bicyclic) bond motifs is 15. The number of aromatic nitrogens is 1. The summed E-state index contributed by atoms with van der Waals surface area (Å²) in [4.78, 5) is 7.83. The SMILES string of the molecule is Cc1cc2c3c(c1)N(c1cccc4c1sc1ccccc14)c1cc(N(c4ccccc4)c4cccc5c4oc4ccccc45)ccc1B3c1c(c3cc(C(C)(C)C)ccc3n1C)N2c1ccc2c(c1)C1(c3ccccc3-2)C2CC3CC(C2)CC1C3. The van der Waals surface area contributed by atoms with Gasteiger partial charge in [0.05, 0.1) is 21.8 Å². The van der Waals surface area contributed by atoms with E-state index in [1.54, 1.807) is 11.1 Å². The molecule has 0 saturated heterocycles. The summed E-state index contributed by atoms with van der Waals surface area (Å²) < 4.78 is 12.1. The van der Waals surface area contributed by atoms with Crippen LogP contribution in [0.4, 0.5) is 51.2 Å². The second kappa shape index (κ2) is 17.2. The van der Waals surface area contributed by atoms with Crippen LogP contribution in [0, 0.1) is 30.6 Å². The highest BCUT2D eigenvalue weighted by Crippen LogP contribution is 2.70. The first-order valence-electron chi connectivity index (χ1n) is 31.0. The molecule has 0 N–H and O–H groups in total. The van der Waals surface area contributed by atoms with Crippen LogP contribution >= 0.6 is 11.3 Å². The van der Waals surface area contributed by atoms with Gasteiger partial charge in [0.1, 0.15) is 5.58 Å². The lowest BCUT2D eigenvalue weighted by Gasteiger charge is -2.61. The van der Waals surface area contributed by atoms with Crippen molar-refractivity contribution in [1.29, 1.82) is 0 Å². The maximum atomic E-state index is 6.90. The Labute approximate surface area is 500 Å². The van der Waals surface area contributed by atoms with Gasteiger partial charge in [-0.25, -0.2) is 0 Å². The monoisotopic (exact) mass is 1110 g/mol. The summed E-state index contributed by atoms with van der Waals surface area (Å²) in [5, 5.41) is 6.11. The zero-order chi connectivity index (χ0) is 56.4. The third kappa shape index (κ3) is 6.49. The minimum atomic E-state index is -0.104. The summed E-state index contributed by atoms with van der Waals surface area (Å²) in [6.45, 7) is 9.32. The van der Waals surface area contributed by atoms with E-state index in [0.717, 1.165) is 50.8 Å².